The Morgan fingerprint density at radius 1 is 1.17 bits per heavy atom. The number of benzene rings is 2. The Bertz CT molecular complexity index is 1260. The number of nitrogens with zero attached hydrogens (tertiary/aromatic N) is 2. The molecule has 4 aromatic rings. The maximum absolute atomic E-state index is 13.1. The molecule has 29 heavy (non-hydrogen) atoms. The number of hydrogen-bond donors (Lipinski definition) is 1. The van der Waals surface area contributed by atoms with E-state index >= 15 is 0 Å². The van der Waals surface area contributed by atoms with Crippen LogP contribution in [0.15, 0.2) is 60.0 Å². The van der Waals surface area contributed by atoms with Crippen molar-refractivity contribution in [3.63, 3.8) is 0 Å². The van der Waals surface area contributed by atoms with E-state index in [9.17, 15) is 14.9 Å². The topological polar surface area (TPSA) is 85.1 Å². The molecule has 1 amide bonds. The van der Waals surface area contributed by atoms with Gasteiger partial charge in [0, 0.05) is 28.2 Å². The van der Waals surface area contributed by atoms with Gasteiger partial charge in [0.05, 0.1) is 26.6 Å². The molecule has 0 aliphatic rings. The van der Waals surface area contributed by atoms with Crippen molar-refractivity contribution in [2.24, 2.45) is 0 Å². The number of aromatic nitrogens is 1. The Kier molecular flexibility index (Phi) is 5.00. The van der Waals surface area contributed by atoms with E-state index in [0.717, 1.165) is 10.4 Å². The van der Waals surface area contributed by atoms with Gasteiger partial charge in [-0.25, -0.2) is 4.98 Å². The first-order valence-corrected chi connectivity index (χ1v) is 9.89. The van der Waals surface area contributed by atoms with Crippen molar-refractivity contribution in [3.8, 4) is 10.6 Å². The highest BCUT2D eigenvalue weighted by Gasteiger charge is 2.17. The molecular weight excluding hydrogens is 410 g/mol. The third kappa shape index (κ3) is 3.70. The number of aryl methyl sites for hydroxylation is 1. The van der Waals surface area contributed by atoms with Gasteiger partial charge < -0.3 is 5.32 Å². The van der Waals surface area contributed by atoms with Crippen molar-refractivity contribution in [1.29, 1.82) is 0 Å². The maximum atomic E-state index is 13.1. The average Bonchev–Trinajstić information content (AvgIpc) is 3.25. The largest absolute Gasteiger partial charge is 0.322 e. The molecule has 0 radical (unpaired) electrons. The molecule has 0 unspecified atom stereocenters. The van der Waals surface area contributed by atoms with Crippen LogP contribution < -0.4 is 5.32 Å². The summed E-state index contributed by atoms with van der Waals surface area (Å²) in [5.74, 6) is -0.377. The zero-order valence-corrected chi connectivity index (χ0v) is 16.8. The van der Waals surface area contributed by atoms with Crippen molar-refractivity contribution >= 4 is 51.1 Å². The molecule has 2 aromatic heterocycles. The number of fused-ring (bicyclic) bond motifs is 1. The van der Waals surface area contributed by atoms with Crippen LogP contribution in [0.25, 0.3) is 21.5 Å². The summed E-state index contributed by atoms with van der Waals surface area (Å²) in [4.78, 5) is 29.2. The smallest absolute Gasteiger partial charge is 0.271 e. The molecule has 0 aliphatic heterocycles. The molecule has 144 valence electrons. The summed E-state index contributed by atoms with van der Waals surface area (Å²) in [6.07, 6.45) is 0. The van der Waals surface area contributed by atoms with E-state index in [1.807, 2.05) is 24.4 Å². The Morgan fingerprint density at radius 2 is 2.00 bits per heavy atom. The number of halogens is 1. The lowest BCUT2D eigenvalue weighted by Gasteiger charge is -2.12. The summed E-state index contributed by atoms with van der Waals surface area (Å²) in [6, 6.07) is 14.9. The van der Waals surface area contributed by atoms with Gasteiger partial charge in [-0.2, -0.15) is 0 Å². The Labute approximate surface area is 174 Å². The molecule has 8 heteroatoms. The quantitative estimate of drug-likeness (QED) is 0.318. The van der Waals surface area contributed by atoms with E-state index in [-0.39, 0.29) is 11.6 Å². The van der Waals surface area contributed by atoms with Gasteiger partial charge in [-0.1, -0.05) is 29.8 Å². The molecule has 6 nitrogen and oxygen atoms in total. The fraction of sp³-hybridized carbons (Fsp3) is 0.0476. The molecule has 0 fully saturated rings. The number of thiophene rings is 1. The molecule has 4 rings (SSSR count). The van der Waals surface area contributed by atoms with Crippen LogP contribution in [0.1, 0.15) is 15.9 Å². The summed E-state index contributed by atoms with van der Waals surface area (Å²) in [6.45, 7) is 1.86. The lowest BCUT2D eigenvalue weighted by Crippen LogP contribution is -2.13. The molecule has 0 aliphatic carbocycles. The second-order valence-electron chi connectivity index (χ2n) is 6.36. The van der Waals surface area contributed by atoms with E-state index in [1.54, 1.807) is 24.3 Å². The zero-order chi connectivity index (χ0) is 20.5. The molecule has 0 saturated carbocycles. The van der Waals surface area contributed by atoms with Gasteiger partial charge in [-0.3, -0.25) is 14.9 Å². The van der Waals surface area contributed by atoms with Crippen LogP contribution in [-0.2, 0) is 0 Å². The van der Waals surface area contributed by atoms with Gasteiger partial charge >= 0.3 is 0 Å². The molecule has 2 heterocycles. The Hall–Kier alpha value is -3.29. The summed E-state index contributed by atoms with van der Waals surface area (Å²) in [5.41, 5.74) is 2.77. The molecule has 2 aromatic carbocycles. The predicted octanol–water partition coefficient (Wildman–Crippen LogP) is 6.09. The monoisotopic (exact) mass is 423 g/mol. The molecule has 0 bridgehead atoms. The van der Waals surface area contributed by atoms with E-state index in [1.165, 1.54) is 29.5 Å². The number of pyridine rings is 1. The molecular formula is C21H14ClN3O3S. The molecule has 0 spiro atoms. The number of carbonyl (C=O) groups excluding carboxylic acids is 1. The van der Waals surface area contributed by atoms with Crippen molar-refractivity contribution in [1.82, 2.24) is 4.98 Å². The fourth-order valence-corrected chi connectivity index (χ4v) is 3.88. The minimum Gasteiger partial charge on any atom is -0.322 e. The number of non-ortho nitro benzene ring substituents is 1. The summed E-state index contributed by atoms with van der Waals surface area (Å²) in [7, 11) is 0. The summed E-state index contributed by atoms with van der Waals surface area (Å²) < 4.78 is 0. The minimum absolute atomic E-state index is 0.0933. The third-order valence-corrected chi connectivity index (χ3v) is 5.80. The Morgan fingerprint density at radius 3 is 2.72 bits per heavy atom. The highest BCUT2D eigenvalue weighted by Crippen LogP contribution is 2.32. The van der Waals surface area contributed by atoms with Crippen LogP contribution in [0.5, 0.6) is 0 Å². The van der Waals surface area contributed by atoms with Crippen LogP contribution in [0, 0.1) is 17.0 Å². The van der Waals surface area contributed by atoms with E-state index in [2.05, 4.69) is 5.32 Å². The second kappa shape index (κ2) is 7.62. The van der Waals surface area contributed by atoms with Gasteiger partial charge in [0.25, 0.3) is 11.6 Å². The number of rotatable bonds is 4. The van der Waals surface area contributed by atoms with E-state index < -0.39 is 4.92 Å². The number of nitrogens with one attached hydrogen (secondary N) is 1. The van der Waals surface area contributed by atoms with Crippen LogP contribution in [-0.4, -0.2) is 15.8 Å². The first-order chi connectivity index (χ1) is 13.9. The lowest BCUT2D eigenvalue weighted by molar-refractivity contribution is -0.384. The summed E-state index contributed by atoms with van der Waals surface area (Å²) >= 11 is 7.79. The number of anilines is 1. The van der Waals surface area contributed by atoms with Crippen LogP contribution in [0.3, 0.4) is 0 Å². The van der Waals surface area contributed by atoms with Gasteiger partial charge in [0.15, 0.2) is 0 Å². The number of amides is 1. The number of hydrogen-bond acceptors (Lipinski definition) is 5. The Balaban J connectivity index is 1.83. The van der Waals surface area contributed by atoms with Gasteiger partial charge in [-0.15, -0.1) is 11.3 Å². The minimum atomic E-state index is -0.502. The van der Waals surface area contributed by atoms with Crippen molar-refractivity contribution in [2.45, 2.75) is 6.92 Å². The van der Waals surface area contributed by atoms with Crippen molar-refractivity contribution in [2.75, 3.05) is 5.32 Å². The number of carbonyl (C=O) groups is 1. The van der Waals surface area contributed by atoms with E-state index in [0.29, 0.717) is 32.9 Å². The normalized spacial score (nSPS) is 10.8. The highest BCUT2D eigenvalue weighted by molar-refractivity contribution is 7.13. The third-order valence-electron chi connectivity index (χ3n) is 4.50. The molecule has 1 N–H and O–H groups in total. The van der Waals surface area contributed by atoms with Crippen molar-refractivity contribution < 1.29 is 9.72 Å². The predicted molar refractivity (Wildman–Crippen MR) is 116 cm³/mol. The van der Waals surface area contributed by atoms with Crippen molar-refractivity contribution in [3.05, 3.63) is 86.2 Å². The maximum Gasteiger partial charge on any atom is 0.271 e. The summed E-state index contributed by atoms with van der Waals surface area (Å²) in [5, 5.41) is 16.9. The number of nitro groups is 1. The van der Waals surface area contributed by atoms with Crippen LogP contribution in [0.4, 0.5) is 11.4 Å². The van der Waals surface area contributed by atoms with Gasteiger partial charge in [0.1, 0.15) is 0 Å². The SMILES string of the molecule is Cc1c(Cl)ccc2c(C(=O)Nc3cccc([N+](=O)[O-])c3)cc(-c3cccs3)nc12. The highest BCUT2D eigenvalue weighted by atomic mass is 35.5. The first kappa shape index (κ1) is 19.0. The second-order valence-corrected chi connectivity index (χ2v) is 7.72. The zero-order valence-electron chi connectivity index (χ0n) is 15.2. The van der Waals surface area contributed by atoms with E-state index in [4.69, 9.17) is 16.6 Å². The van der Waals surface area contributed by atoms with Crippen LogP contribution in [0.2, 0.25) is 5.02 Å². The standard InChI is InChI=1S/C21H14ClN3O3S/c1-12-17(22)8-7-15-16(11-18(24-20(12)15)19-6-3-9-29-19)21(26)23-13-4-2-5-14(10-13)25(27)28/h2-11H,1H3,(H,23,26). The number of nitro benzene ring substituents is 1. The molecule has 0 atom stereocenters. The fourth-order valence-electron chi connectivity index (χ4n) is 3.04. The average molecular weight is 424 g/mol. The van der Waals surface area contributed by atoms with Gasteiger partial charge in [-0.05, 0) is 42.1 Å². The van der Waals surface area contributed by atoms with Crippen LogP contribution >= 0.6 is 22.9 Å². The molecule has 0 saturated heterocycles. The first-order valence-electron chi connectivity index (χ1n) is 8.63. The lowest BCUT2D eigenvalue weighted by atomic mass is 10.0. The van der Waals surface area contributed by atoms with Gasteiger partial charge in [0.2, 0.25) is 0 Å².